The molecule has 0 aromatic heterocycles. The predicted molar refractivity (Wildman–Crippen MR) is 68.3 cm³/mol. The van der Waals surface area contributed by atoms with E-state index in [0.29, 0.717) is 6.10 Å². The van der Waals surface area contributed by atoms with Gasteiger partial charge in [-0.15, -0.1) is 0 Å². The first-order valence-electron chi connectivity index (χ1n) is 6.57. The molecule has 1 atom stereocenters. The second kappa shape index (κ2) is 8.03. The zero-order valence-corrected chi connectivity index (χ0v) is 11.5. The number of hydrogen-bond donors (Lipinski definition) is 1. The molecule has 1 saturated heterocycles. The van der Waals surface area contributed by atoms with Crippen molar-refractivity contribution in [2.45, 2.75) is 32.8 Å². The van der Waals surface area contributed by atoms with Crippen molar-refractivity contribution in [3.8, 4) is 0 Å². The monoisotopic (exact) mass is 245 g/mol. The van der Waals surface area contributed by atoms with Gasteiger partial charge in [0.25, 0.3) is 0 Å². The van der Waals surface area contributed by atoms with Gasteiger partial charge in [0, 0.05) is 38.8 Å². The molecule has 1 aliphatic heterocycles. The van der Waals surface area contributed by atoms with Crippen molar-refractivity contribution in [3.05, 3.63) is 0 Å². The zero-order chi connectivity index (χ0) is 12.6. The fourth-order valence-electron chi connectivity index (χ4n) is 2.11. The summed E-state index contributed by atoms with van der Waals surface area (Å²) in [6.07, 6.45) is 2.52. The molecule has 0 aliphatic carbocycles. The van der Waals surface area contributed by atoms with Crippen molar-refractivity contribution < 1.29 is 14.2 Å². The summed E-state index contributed by atoms with van der Waals surface area (Å²) in [5.41, 5.74) is 0.266. The van der Waals surface area contributed by atoms with E-state index in [1.807, 2.05) is 0 Å². The van der Waals surface area contributed by atoms with Gasteiger partial charge in [0.15, 0.2) is 0 Å². The maximum absolute atomic E-state index is 5.65. The van der Waals surface area contributed by atoms with Crippen LogP contribution in [0.1, 0.15) is 26.7 Å². The minimum Gasteiger partial charge on any atom is -0.383 e. The Morgan fingerprint density at radius 2 is 2.18 bits per heavy atom. The van der Waals surface area contributed by atoms with Gasteiger partial charge in [-0.1, -0.05) is 0 Å². The fourth-order valence-corrected chi connectivity index (χ4v) is 2.11. The van der Waals surface area contributed by atoms with Crippen molar-refractivity contribution in [2.75, 3.05) is 46.6 Å². The van der Waals surface area contributed by atoms with E-state index in [2.05, 4.69) is 19.2 Å². The van der Waals surface area contributed by atoms with Crippen LogP contribution in [0.15, 0.2) is 0 Å². The van der Waals surface area contributed by atoms with E-state index >= 15 is 0 Å². The van der Waals surface area contributed by atoms with Gasteiger partial charge in [-0.3, -0.25) is 0 Å². The Labute approximate surface area is 105 Å². The lowest BCUT2D eigenvalue weighted by Crippen LogP contribution is -2.37. The van der Waals surface area contributed by atoms with Crippen molar-refractivity contribution in [3.63, 3.8) is 0 Å². The van der Waals surface area contributed by atoms with E-state index in [4.69, 9.17) is 14.2 Å². The van der Waals surface area contributed by atoms with E-state index in [1.165, 1.54) is 0 Å². The molecule has 0 saturated carbocycles. The predicted octanol–water partition coefficient (Wildman–Crippen LogP) is 1.44. The second-order valence-corrected chi connectivity index (χ2v) is 5.14. The van der Waals surface area contributed by atoms with Crippen LogP contribution in [0, 0.1) is 5.41 Å². The highest BCUT2D eigenvalue weighted by atomic mass is 16.5. The van der Waals surface area contributed by atoms with Crippen molar-refractivity contribution in [1.82, 2.24) is 5.32 Å². The summed E-state index contributed by atoms with van der Waals surface area (Å²) in [6.45, 7) is 9.39. The minimum absolute atomic E-state index is 0.266. The van der Waals surface area contributed by atoms with Gasteiger partial charge in [0.05, 0.1) is 19.3 Å². The molecule has 1 N–H and O–H groups in total. The van der Waals surface area contributed by atoms with E-state index in [0.717, 1.165) is 52.4 Å². The highest BCUT2D eigenvalue weighted by molar-refractivity contribution is 4.85. The molecular weight excluding hydrogens is 218 g/mol. The normalized spacial score (nSPS) is 24.7. The van der Waals surface area contributed by atoms with Gasteiger partial charge >= 0.3 is 0 Å². The SMILES string of the molecule is COCCNCC1(CCOC(C)C)CCOC1. The third kappa shape index (κ3) is 5.82. The smallest absolute Gasteiger partial charge is 0.0587 e. The van der Waals surface area contributed by atoms with E-state index in [1.54, 1.807) is 7.11 Å². The Morgan fingerprint density at radius 1 is 1.35 bits per heavy atom. The molecule has 0 amide bonds. The first kappa shape index (κ1) is 14.9. The zero-order valence-electron chi connectivity index (χ0n) is 11.5. The molecule has 1 fully saturated rings. The van der Waals surface area contributed by atoms with Gasteiger partial charge in [-0.2, -0.15) is 0 Å². The molecule has 0 radical (unpaired) electrons. The number of ether oxygens (including phenoxy) is 3. The van der Waals surface area contributed by atoms with E-state index in [-0.39, 0.29) is 5.41 Å². The van der Waals surface area contributed by atoms with Gasteiger partial charge in [-0.25, -0.2) is 0 Å². The van der Waals surface area contributed by atoms with E-state index < -0.39 is 0 Å². The number of rotatable bonds is 9. The standard InChI is InChI=1S/C13H27NO3/c1-12(2)17-8-5-13(4-7-16-11-13)10-14-6-9-15-3/h12,14H,4-11H2,1-3H3. The summed E-state index contributed by atoms with van der Waals surface area (Å²) >= 11 is 0. The lowest BCUT2D eigenvalue weighted by atomic mass is 9.84. The Kier molecular flexibility index (Phi) is 7.04. The van der Waals surface area contributed by atoms with Crippen LogP contribution in [0.25, 0.3) is 0 Å². The summed E-state index contributed by atoms with van der Waals surface area (Å²) in [5, 5.41) is 3.45. The van der Waals surface area contributed by atoms with Crippen molar-refractivity contribution in [1.29, 1.82) is 0 Å². The van der Waals surface area contributed by atoms with Crippen LogP contribution in [0.3, 0.4) is 0 Å². The first-order valence-corrected chi connectivity index (χ1v) is 6.57. The second-order valence-electron chi connectivity index (χ2n) is 5.14. The summed E-state index contributed by atoms with van der Waals surface area (Å²) in [7, 11) is 1.73. The molecule has 4 heteroatoms. The molecule has 1 rings (SSSR count). The fraction of sp³-hybridized carbons (Fsp3) is 1.00. The molecule has 1 unspecified atom stereocenters. The molecule has 1 aliphatic rings. The molecule has 4 nitrogen and oxygen atoms in total. The average molecular weight is 245 g/mol. The maximum atomic E-state index is 5.65. The third-order valence-electron chi connectivity index (χ3n) is 3.25. The molecule has 102 valence electrons. The number of nitrogens with one attached hydrogen (secondary N) is 1. The Morgan fingerprint density at radius 3 is 2.76 bits per heavy atom. The van der Waals surface area contributed by atoms with Crippen LogP contribution in [0.4, 0.5) is 0 Å². The van der Waals surface area contributed by atoms with Crippen LogP contribution in [0.2, 0.25) is 0 Å². The lowest BCUT2D eigenvalue weighted by Gasteiger charge is -2.28. The van der Waals surface area contributed by atoms with Crippen LogP contribution in [-0.2, 0) is 14.2 Å². The molecule has 0 aromatic carbocycles. The summed E-state index contributed by atoms with van der Waals surface area (Å²) in [4.78, 5) is 0. The van der Waals surface area contributed by atoms with Crippen molar-refractivity contribution in [2.24, 2.45) is 5.41 Å². The average Bonchev–Trinajstić information content (AvgIpc) is 2.73. The quantitative estimate of drug-likeness (QED) is 0.624. The molecule has 0 aromatic rings. The van der Waals surface area contributed by atoms with Crippen LogP contribution < -0.4 is 5.32 Å². The first-order chi connectivity index (χ1) is 8.18. The number of methoxy groups -OCH3 is 1. The van der Waals surface area contributed by atoms with Crippen LogP contribution in [-0.4, -0.2) is 52.7 Å². The summed E-state index contributed by atoms with van der Waals surface area (Å²) in [5.74, 6) is 0. The molecule has 17 heavy (non-hydrogen) atoms. The van der Waals surface area contributed by atoms with Gasteiger partial charge in [0.2, 0.25) is 0 Å². The Bertz CT molecular complexity index is 191. The van der Waals surface area contributed by atoms with Gasteiger partial charge in [-0.05, 0) is 26.7 Å². The summed E-state index contributed by atoms with van der Waals surface area (Å²) < 4.78 is 16.2. The van der Waals surface area contributed by atoms with Crippen molar-refractivity contribution >= 4 is 0 Å². The Hall–Kier alpha value is -0.160. The van der Waals surface area contributed by atoms with Crippen LogP contribution >= 0.6 is 0 Å². The highest BCUT2D eigenvalue weighted by Crippen LogP contribution is 2.31. The van der Waals surface area contributed by atoms with Gasteiger partial charge in [0.1, 0.15) is 0 Å². The van der Waals surface area contributed by atoms with Gasteiger partial charge < -0.3 is 19.5 Å². The molecular formula is C13H27NO3. The molecule has 1 heterocycles. The topological polar surface area (TPSA) is 39.7 Å². The maximum Gasteiger partial charge on any atom is 0.0587 e. The molecule has 0 spiro atoms. The summed E-state index contributed by atoms with van der Waals surface area (Å²) in [6, 6.07) is 0. The lowest BCUT2D eigenvalue weighted by molar-refractivity contribution is 0.0449. The highest BCUT2D eigenvalue weighted by Gasteiger charge is 2.34. The van der Waals surface area contributed by atoms with E-state index in [9.17, 15) is 0 Å². The molecule has 0 bridgehead atoms. The van der Waals surface area contributed by atoms with Crippen LogP contribution in [0.5, 0.6) is 0 Å². The third-order valence-corrected chi connectivity index (χ3v) is 3.25. The minimum atomic E-state index is 0.266. The Balaban J connectivity index is 2.24. The largest absolute Gasteiger partial charge is 0.383 e. The number of hydrogen-bond acceptors (Lipinski definition) is 4.